The molecule has 3 atom stereocenters. The average Bonchev–Trinajstić information content (AvgIpc) is 3.76. The maximum absolute atomic E-state index is 13.5. The molecule has 51 heavy (non-hydrogen) atoms. The minimum Gasteiger partial charge on any atom is -0.481 e. The number of hydrogen-bond donors (Lipinski definition) is 3. The number of carboxylic acids is 1. The Morgan fingerprint density at radius 2 is 1.67 bits per heavy atom. The Labute approximate surface area is 290 Å². The van der Waals surface area contributed by atoms with Gasteiger partial charge in [-0.05, 0) is 45.2 Å². The van der Waals surface area contributed by atoms with Crippen LogP contribution in [0.25, 0.3) is 5.69 Å². The number of carbonyl (C=O) groups is 6. The van der Waals surface area contributed by atoms with E-state index >= 15 is 0 Å². The molecule has 0 unspecified atom stereocenters. The van der Waals surface area contributed by atoms with Gasteiger partial charge in [-0.2, -0.15) is 18.3 Å². The third-order valence-corrected chi connectivity index (χ3v) is 8.22. The minimum atomic E-state index is -4.62. The number of alkyl halides is 3. The molecular weight excluding hydrogens is 683 g/mol. The fraction of sp³-hybridized carbons (Fsp3) is 0.531. The second-order valence-corrected chi connectivity index (χ2v) is 11.9. The summed E-state index contributed by atoms with van der Waals surface area (Å²) < 4.78 is 50.2. The number of para-hydroxylation sites is 1. The Balaban J connectivity index is 1.51. The topological polar surface area (TPSA) is 193 Å². The van der Waals surface area contributed by atoms with Gasteiger partial charge in [0.05, 0.1) is 12.3 Å². The van der Waals surface area contributed by atoms with Crippen LogP contribution < -0.4 is 15.4 Å². The third-order valence-electron chi connectivity index (χ3n) is 8.22. The lowest BCUT2D eigenvalue weighted by Gasteiger charge is -2.35. The highest BCUT2D eigenvalue weighted by atomic mass is 19.4. The lowest BCUT2D eigenvalue weighted by atomic mass is 10.1. The molecule has 0 radical (unpaired) electrons. The zero-order chi connectivity index (χ0) is 37.3. The number of hydrogen-bond acceptors (Lipinski definition) is 9. The van der Waals surface area contributed by atoms with Crippen molar-refractivity contribution in [3.05, 3.63) is 42.1 Å². The summed E-state index contributed by atoms with van der Waals surface area (Å²) in [5, 5.41) is 18.0. The van der Waals surface area contributed by atoms with Gasteiger partial charge in [-0.15, -0.1) is 0 Å². The normalized spacial score (nSPS) is 17.4. The van der Waals surface area contributed by atoms with Crippen LogP contribution in [0.3, 0.4) is 0 Å². The number of rotatable bonds is 13. The van der Waals surface area contributed by atoms with Crippen LogP contribution in [0, 0.1) is 0 Å². The monoisotopic (exact) mass is 723 g/mol. The molecule has 2 aliphatic rings. The molecular formula is C32H40F3N7O9. The van der Waals surface area contributed by atoms with Gasteiger partial charge >= 0.3 is 18.2 Å². The number of aliphatic carboxylic acids is 1. The first-order chi connectivity index (χ1) is 24.2. The Bertz CT molecular complexity index is 1580. The number of amides is 5. The van der Waals surface area contributed by atoms with Crippen molar-refractivity contribution in [1.82, 2.24) is 35.1 Å². The van der Waals surface area contributed by atoms with Crippen LogP contribution in [0.15, 0.2) is 36.4 Å². The molecule has 278 valence electrons. The summed E-state index contributed by atoms with van der Waals surface area (Å²) in [7, 11) is 0. The molecule has 2 fully saturated rings. The highest BCUT2D eigenvalue weighted by molar-refractivity contribution is 5.96. The molecule has 4 rings (SSSR count). The van der Waals surface area contributed by atoms with E-state index in [0.29, 0.717) is 12.1 Å². The van der Waals surface area contributed by atoms with Gasteiger partial charge in [-0.25, -0.2) is 9.48 Å². The third kappa shape index (κ3) is 10.3. The van der Waals surface area contributed by atoms with Crippen LogP contribution in [0.1, 0.15) is 50.0 Å². The fourth-order valence-electron chi connectivity index (χ4n) is 5.69. The molecule has 0 spiro atoms. The zero-order valence-corrected chi connectivity index (χ0v) is 28.1. The smallest absolute Gasteiger partial charge is 0.409 e. The van der Waals surface area contributed by atoms with E-state index in [-0.39, 0.29) is 63.7 Å². The molecule has 16 nitrogen and oxygen atoms in total. The van der Waals surface area contributed by atoms with Gasteiger partial charge < -0.3 is 39.9 Å². The molecule has 1 aromatic carbocycles. The molecule has 5 amide bonds. The molecule has 1 aromatic heterocycles. The zero-order valence-electron chi connectivity index (χ0n) is 28.1. The summed E-state index contributed by atoms with van der Waals surface area (Å²) in [6.07, 6.45) is -6.53. The van der Waals surface area contributed by atoms with Crippen molar-refractivity contribution >= 4 is 35.7 Å². The number of carboxylic acid groups (broad SMARTS) is 1. The van der Waals surface area contributed by atoms with E-state index in [4.69, 9.17) is 9.47 Å². The van der Waals surface area contributed by atoms with E-state index in [0.717, 1.165) is 4.90 Å². The summed E-state index contributed by atoms with van der Waals surface area (Å²) in [5.41, 5.74) is 0.189. The van der Waals surface area contributed by atoms with Gasteiger partial charge in [0.2, 0.25) is 17.7 Å². The molecule has 3 heterocycles. The highest BCUT2D eigenvalue weighted by Crippen LogP contribution is 2.24. The first kappa shape index (κ1) is 38.4. The van der Waals surface area contributed by atoms with E-state index in [1.165, 1.54) is 27.5 Å². The second kappa shape index (κ2) is 17.0. The number of nitrogens with zero attached hydrogens (tertiary/aromatic N) is 5. The van der Waals surface area contributed by atoms with Crippen molar-refractivity contribution in [2.75, 3.05) is 45.9 Å². The van der Waals surface area contributed by atoms with E-state index in [1.54, 1.807) is 37.3 Å². The van der Waals surface area contributed by atoms with Crippen molar-refractivity contribution in [2.24, 2.45) is 0 Å². The van der Waals surface area contributed by atoms with Crippen molar-refractivity contribution in [2.45, 2.75) is 63.9 Å². The summed E-state index contributed by atoms with van der Waals surface area (Å²) in [6.45, 7) is 2.45. The van der Waals surface area contributed by atoms with Crippen LogP contribution in [-0.2, 0) is 23.9 Å². The Morgan fingerprint density at radius 3 is 2.29 bits per heavy atom. The number of nitrogens with one attached hydrogen (secondary N) is 2. The molecule has 2 aromatic rings. The predicted molar refractivity (Wildman–Crippen MR) is 171 cm³/mol. The number of ether oxygens (including phenoxy) is 2. The van der Waals surface area contributed by atoms with Crippen LogP contribution in [0.2, 0.25) is 0 Å². The predicted octanol–water partition coefficient (Wildman–Crippen LogP) is 1.57. The lowest BCUT2D eigenvalue weighted by molar-refractivity contribution is -0.147. The highest BCUT2D eigenvalue weighted by Gasteiger charge is 2.39. The molecule has 2 saturated heterocycles. The van der Waals surface area contributed by atoms with Crippen LogP contribution in [-0.4, -0.2) is 136 Å². The van der Waals surface area contributed by atoms with Crippen LogP contribution in [0.5, 0.6) is 5.88 Å². The van der Waals surface area contributed by atoms with Crippen LogP contribution >= 0.6 is 0 Å². The second-order valence-electron chi connectivity index (χ2n) is 11.9. The van der Waals surface area contributed by atoms with Gasteiger partial charge in [0.25, 0.3) is 11.8 Å². The minimum absolute atomic E-state index is 0.0760. The van der Waals surface area contributed by atoms with E-state index in [2.05, 4.69) is 10.4 Å². The molecule has 3 N–H and O–H groups in total. The van der Waals surface area contributed by atoms with Crippen molar-refractivity contribution in [1.29, 1.82) is 0 Å². The standard InChI is InChI=1S/C32H40F3N7O9/c1-3-50-31(49)40-16-14-39(15-17-40)30(48)22(11-12-26(43)44)37-27(45)23-18-25(42(38-23)21-8-5-4-6-9-21)51-20(2)29(47)41-13-7-10-24(41)28(46)36-19-32(33,34)35/h4-6,8-9,18,20,22,24H,3,7,10-17,19H2,1-2H3,(H,36,46)(H,37,45)(H,43,44)/t20-,22+,24+/m1/s1. The SMILES string of the molecule is CCOC(=O)N1CCN(C(=O)[C@H](CCC(=O)O)NC(=O)c2cc(O[C@H](C)C(=O)N3CCC[C@H]3C(=O)NCC(F)(F)F)n(-c3ccccc3)n2)CC1. The Kier molecular flexibility index (Phi) is 12.8. The lowest BCUT2D eigenvalue weighted by Crippen LogP contribution is -2.56. The van der Waals surface area contributed by atoms with Gasteiger partial charge in [-0.3, -0.25) is 24.0 Å². The Hall–Kier alpha value is -5.36. The van der Waals surface area contributed by atoms with Crippen molar-refractivity contribution in [3.63, 3.8) is 0 Å². The van der Waals surface area contributed by atoms with Gasteiger partial charge in [-0.1, -0.05) is 18.2 Å². The number of carbonyl (C=O) groups excluding carboxylic acids is 5. The largest absolute Gasteiger partial charge is 0.481 e. The first-order valence-electron chi connectivity index (χ1n) is 16.4. The maximum atomic E-state index is 13.5. The van der Waals surface area contributed by atoms with E-state index < -0.39 is 73.0 Å². The number of benzene rings is 1. The maximum Gasteiger partial charge on any atom is 0.409 e. The number of piperazine rings is 1. The van der Waals surface area contributed by atoms with Gasteiger partial charge in [0.1, 0.15) is 18.6 Å². The molecule has 19 heteroatoms. The summed E-state index contributed by atoms with van der Waals surface area (Å²) in [4.78, 5) is 80.4. The van der Waals surface area contributed by atoms with Gasteiger partial charge in [0, 0.05) is 45.2 Å². The summed E-state index contributed by atoms with van der Waals surface area (Å²) in [6, 6.07) is 7.23. The number of halogens is 3. The molecule has 2 aliphatic heterocycles. The van der Waals surface area contributed by atoms with Crippen LogP contribution in [0.4, 0.5) is 18.0 Å². The Morgan fingerprint density at radius 1 is 1.00 bits per heavy atom. The number of aromatic nitrogens is 2. The average molecular weight is 724 g/mol. The van der Waals surface area contributed by atoms with E-state index in [1.807, 2.05) is 5.32 Å². The van der Waals surface area contributed by atoms with Crippen molar-refractivity contribution < 1.29 is 56.5 Å². The van der Waals surface area contributed by atoms with Gasteiger partial charge in [0.15, 0.2) is 11.8 Å². The van der Waals surface area contributed by atoms with Crippen molar-refractivity contribution in [3.8, 4) is 11.6 Å². The summed E-state index contributed by atoms with van der Waals surface area (Å²) >= 11 is 0. The first-order valence-corrected chi connectivity index (χ1v) is 16.4. The fourth-order valence-corrected chi connectivity index (χ4v) is 5.69. The molecule has 0 aliphatic carbocycles. The number of likely N-dealkylation sites (tertiary alicyclic amines) is 1. The molecule has 0 bridgehead atoms. The summed E-state index contributed by atoms with van der Waals surface area (Å²) in [5.74, 6) is -4.27. The quantitative estimate of drug-likeness (QED) is 0.273. The van der Waals surface area contributed by atoms with E-state index in [9.17, 15) is 47.0 Å². The molecule has 0 saturated carbocycles.